The molecule has 1 aliphatic carbocycles. The fraction of sp³-hybridized carbons (Fsp3) is 0.407. The van der Waals surface area contributed by atoms with E-state index in [0.29, 0.717) is 53.9 Å². The van der Waals surface area contributed by atoms with Gasteiger partial charge in [-0.2, -0.15) is 13.2 Å². The highest BCUT2D eigenvalue weighted by Crippen LogP contribution is 2.26. The summed E-state index contributed by atoms with van der Waals surface area (Å²) in [5.74, 6) is -1.15. The normalized spacial score (nSPS) is 16.2. The van der Waals surface area contributed by atoms with Crippen molar-refractivity contribution in [2.45, 2.75) is 63.8 Å². The van der Waals surface area contributed by atoms with Gasteiger partial charge in [-0.05, 0) is 54.5 Å². The van der Waals surface area contributed by atoms with Crippen LogP contribution in [0.1, 0.15) is 42.9 Å². The van der Waals surface area contributed by atoms with Gasteiger partial charge in [-0.15, -0.1) is 0 Å². The molecule has 3 N–H and O–H groups in total. The number of para-hydroxylation sites is 1. The van der Waals surface area contributed by atoms with Gasteiger partial charge >= 0.3 is 6.18 Å². The molecule has 0 aliphatic heterocycles. The molecular weight excluding hydrogens is 505 g/mol. The molecular formula is C27H30F5N5O. The van der Waals surface area contributed by atoms with Crippen molar-refractivity contribution in [3.63, 3.8) is 0 Å². The van der Waals surface area contributed by atoms with Gasteiger partial charge in [0.05, 0.1) is 24.5 Å². The summed E-state index contributed by atoms with van der Waals surface area (Å²) in [6, 6.07) is 8.55. The number of aromatic nitrogens is 2. The van der Waals surface area contributed by atoms with Crippen LogP contribution in [0.5, 0.6) is 0 Å². The van der Waals surface area contributed by atoms with Gasteiger partial charge in [-0.25, -0.2) is 13.8 Å². The van der Waals surface area contributed by atoms with E-state index in [1.165, 1.54) is 12.4 Å². The molecule has 0 bridgehead atoms. The molecule has 2 aromatic carbocycles. The Labute approximate surface area is 217 Å². The Balaban J connectivity index is 1.40. The number of aryl methyl sites for hydroxylation is 1. The largest absolute Gasteiger partial charge is 0.401 e. The first-order valence-corrected chi connectivity index (χ1v) is 12.6. The molecule has 1 heterocycles. The number of rotatable bonds is 10. The molecule has 0 radical (unpaired) electrons. The molecule has 6 nitrogen and oxygen atoms in total. The number of alkyl halides is 3. The van der Waals surface area contributed by atoms with Gasteiger partial charge in [0.15, 0.2) is 5.82 Å². The standard InChI is InChI=1S/C27H30F5N5O/c1-2-5-23(35-20-9-8-17-10-19(28)11-22(29)21(17)12-20)26(38)36-25-14-37(16-34-25)24-7-4-3-6-18(24)13-33-15-27(30,31)32/h3-4,6-7,10-11,14,16,20,23,33,35H,2,5,8-9,12-13,15H2,1H3,(H,36,38)/t20-,23?/m0/s1. The zero-order valence-electron chi connectivity index (χ0n) is 20.9. The third kappa shape index (κ3) is 7.16. The molecule has 204 valence electrons. The van der Waals surface area contributed by atoms with Crippen molar-refractivity contribution in [1.29, 1.82) is 0 Å². The highest BCUT2D eigenvalue weighted by molar-refractivity contribution is 5.94. The van der Waals surface area contributed by atoms with E-state index in [4.69, 9.17) is 0 Å². The lowest BCUT2D eigenvalue weighted by Gasteiger charge is -2.29. The fourth-order valence-corrected chi connectivity index (χ4v) is 4.78. The van der Waals surface area contributed by atoms with Crippen molar-refractivity contribution in [2.75, 3.05) is 11.9 Å². The van der Waals surface area contributed by atoms with E-state index in [-0.39, 0.29) is 18.5 Å². The molecule has 1 amide bonds. The first-order valence-electron chi connectivity index (χ1n) is 12.6. The minimum absolute atomic E-state index is 0.00972. The molecule has 0 spiro atoms. The van der Waals surface area contributed by atoms with Crippen molar-refractivity contribution in [3.8, 4) is 5.69 Å². The monoisotopic (exact) mass is 535 g/mol. The number of hydrogen-bond donors (Lipinski definition) is 3. The SMILES string of the molecule is CCCC(N[C@H]1CCc2cc(F)cc(F)c2C1)C(=O)Nc1cn(-c2ccccc2CNCC(F)(F)F)cn1. The van der Waals surface area contributed by atoms with Crippen molar-refractivity contribution in [1.82, 2.24) is 20.2 Å². The second kappa shape index (κ2) is 12.0. The lowest BCUT2D eigenvalue weighted by Crippen LogP contribution is -2.48. The van der Waals surface area contributed by atoms with Gasteiger partial charge < -0.3 is 20.5 Å². The third-order valence-corrected chi connectivity index (χ3v) is 6.54. The zero-order chi connectivity index (χ0) is 27.3. The van der Waals surface area contributed by atoms with Crippen LogP contribution in [0.15, 0.2) is 48.9 Å². The fourth-order valence-electron chi connectivity index (χ4n) is 4.78. The summed E-state index contributed by atoms with van der Waals surface area (Å²) < 4.78 is 67.1. The summed E-state index contributed by atoms with van der Waals surface area (Å²) in [5, 5.41) is 8.53. The Morgan fingerprint density at radius 3 is 2.76 bits per heavy atom. The van der Waals surface area contributed by atoms with Gasteiger partial charge in [0.25, 0.3) is 0 Å². The average Bonchev–Trinajstić information content (AvgIpc) is 3.32. The number of amides is 1. The topological polar surface area (TPSA) is 71.0 Å². The second-order valence-corrected chi connectivity index (χ2v) is 9.48. The molecule has 38 heavy (non-hydrogen) atoms. The Morgan fingerprint density at radius 2 is 2.00 bits per heavy atom. The number of carbonyl (C=O) groups is 1. The zero-order valence-corrected chi connectivity index (χ0v) is 20.9. The molecule has 2 atom stereocenters. The Bertz CT molecular complexity index is 1260. The van der Waals surface area contributed by atoms with Crippen LogP contribution in [-0.2, 0) is 24.2 Å². The smallest absolute Gasteiger partial charge is 0.308 e. The minimum Gasteiger partial charge on any atom is -0.308 e. The third-order valence-electron chi connectivity index (χ3n) is 6.54. The maximum absolute atomic E-state index is 14.3. The van der Waals surface area contributed by atoms with Crippen LogP contribution in [0.4, 0.5) is 27.8 Å². The number of nitrogens with zero attached hydrogens (tertiary/aromatic N) is 2. The van der Waals surface area contributed by atoms with E-state index < -0.39 is 30.4 Å². The minimum atomic E-state index is -4.31. The lowest BCUT2D eigenvalue weighted by atomic mass is 9.87. The van der Waals surface area contributed by atoms with E-state index >= 15 is 0 Å². The van der Waals surface area contributed by atoms with Gasteiger partial charge in [0.2, 0.25) is 5.91 Å². The molecule has 1 unspecified atom stereocenters. The number of hydrogen-bond acceptors (Lipinski definition) is 4. The first kappa shape index (κ1) is 27.7. The summed E-state index contributed by atoms with van der Waals surface area (Å²) >= 11 is 0. The van der Waals surface area contributed by atoms with Crippen LogP contribution in [-0.4, -0.2) is 40.3 Å². The highest BCUT2D eigenvalue weighted by Gasteiger charge is 2.28. The number of fused-ring (bicyclic) bond motifs is 1. The Morgan fingerprint density at radius 1 is 1.21 bits per heavy atom. The van der Waals surface area contributed by atoms with Crippen LogP contribution in [0.25, 0.3) is 5.69 Å². The lowest BCUT2D eigenvalue weighted by molar-refractivity contribution is -0.125. The van der Waals surface area contributed by atoms with Gasteiger partial charge in [0.1, 0.15) is 18.0 Å². The van der Waals surface area contributed by atoms with Gasteiger partial charge in [-0.3, -0.25) is 4.79 Å². The summed E-state index contributed by atoms with van der Waals surface area (Å²) in [7, 11) is 0. The predicted molar refractivity (Wildman–Crippen MR) is 134 cm³/mol. The Kier molecular flexibility index (Phi) is 8.78. The second-order valence-electron chi connectivity index (χ2n) is 9.48. The molecule has 1 aliphatic rings. The van der Waals surface area contributed by atoms with Crippen LogP contribution in [0.2, 0.25) is 0 Å². The van der Waals surface area contributed by atoms with Gasteiger partial charge in [-0.1, -0.05) is 31.5 Å². The molecule has 1 aromatic heterocycles. The molecule has 0 saturated heterocycles. The van der Waals surface area contributed by atoms with Crippen molar-refractivity contribution in [3.05, 3.63) is 77.2 Å². The van der Waals surface area contributed by atoms with E-state index in [2.05, 4.69) is 20.9 Å². The number of nitrogens with one attached hydrogen (secondary N) is 3. The molecule has 0 saturated carbocycles. The number of anilines is 1. The molecule has 11 heteroatoms. The average molecular weight is 536 g/mol. The van der Waals surface area contributed by atoms with Crippen LogP contribution in [0.3, 0.4) is 0 Å². The number of carbonyl (C=O) groups excluding carboxylic acids is 1. The van der Waals surface area contributed by atoms with Crippen LogP contribution < -0.4 is 16.0 Å². The predicted octanol–water partition coefficient (Wildman–Crippen LogP) is 5.06. The van der Waals surface area contributed by atoms with Crippen molar-refractivity contribution >= 4 is 11.7 Å². The highest BCUT2D eigenvalue weighted by atomic mass is 19.4. The molecule has 3 aromatic rings. The summed E-state index contributed by atoms with van der Waals surface area (Å²) in [5.41, 5.74) is 2.42. The Hall–Kier alpha value is -3.31. The summed E-state index contributed by atoms with van der Waals surface area (Å²) in [6.45, 7) is 0.864. The maximum Gasteiger partial charge on any atom is 0.401 e. The van der Waals surface area contributed by atoms with Crippen molar-refractivity contribution in [2.24, 2.45) is 0 Å². The molecule has 4 rings (SSSR count). The van der Waals surface area contributed by atoms with E-state index in [0.717, 1.165) is 12.5 Å². The summed E-state index contributed by atoms with van der Waals surface area (Å²) in [6.07, 6.45) is 1.60. The summed E-state index contributed by atoms with van der Waals surface area (Å²) in [4.78, 5) is 17.4. The van der Waals surface area contributed by atoms with Crippen LogP contribution >= 0.6 is 0 Å². The van der Waals surface area contributed by atoms with E-state index in [9.17, 15) is 26.7 Å². The van der Waals surface area contributed by atoms with E-state index in [1.807, 2.05) is 6.92 Å². The van der Waals surface area contributed by atoms with Gasteiger partial charge in [0, 0.05) is 18.7 Å². The van der Waals surface area contributed by atoms with Crippen molar-refractivity contribution < 1.29 is 26.7 Å². The van der Waals surface area contributed by atoms with E-state index in [1.54, 1.807) is 35.0 Å². The maximum atomic E-state index is 14.3. The van der Waals surface area contributed by atoms with Crippen LogP contribution in [0, 0.1) is 11.6 Å². The quantitative estimate of drug-likeness (QED) is 0.318. The number of benzene rings is 2. The number of halogens is 5. The number of imidazole rings is 1. The first-order chi connectivity index (χ1) is 18.1. The molecule has 0 fully saturated rings.